The first-order valence-electron chi connectivity index (χ1n) is 11.6. The van der Waals surface area contributed by atoms with Crippen molar-refractivity contribution in [2.24, 2.45) is 0 Å². The third kappa shape index (κ3) is 2.23. The van der Waals surface area contributed by atoms with Crippen molar-refractivity contribution in [3.05, 3.63) is 117 Å². The second kappa shape index (κ2) is 6.41. The van der Waals surface area contributed by atoms with E-state index in [0.29, 0.717) is 22.3 Å². The summed E-state index contributed by atoms with van der Waals surface area (Å²) in [7, 11) is -4.16. The Balaban J connectivity index is 1.63. The van der Waals surface area contributed by atoms with Gasteiger partial charge in [-0.2, -0.15) is 0 Å². The van der Waals surface area contributed by atoms with E-state index in [1.807, 2.05) is 48.5 Å². The molecule has 0 aromatic heterocycles. The van der Waals surface area contributed by atoms with Gasteiger partial charge >= 0.3 is 17.9 Å². The van der Waals surface area contributed by atoms with Gasteiger partial charge in [-0.1, -0.05) is 48.5 Å². The predicted molar refractivity (Wildman–Crippen MR) is 128 cm³/mol. The van der Waals surface area contributed by atoms with Crippen LogP contribution >= 0.6 is 0 Å². The SMILES string of the molecule is O=C1OCc2cc3c(cc21)C1(c2ccccc2-c2ccccc21)c1cc2c(cc1S3(=O)=O)C(=O)OC2=O. The van der Waals surface area contributed by atoms with Gasteiger partial charge in [0.1, 0.15) is 6.61 Å². The highest BCUT2D eigenvalue weighted by Crippen LogP contribution is 2.61. The molecule has 0 bridgehead atoms. The van der Waals surface area contributed by atoms with E-state index in [2.05, 4.69) is 0 Å². The topological polar surface area (TPSA) is 104 Å². The minimum atomic E-state index is -4.16. The summed E-state index contributed by atoms with van der Waals surface area (Å²) in [5.41, 5.74) is 3.79. The Morgan fingerprint density at radius 2 is 1.14 bits per heavy atom. The number of fused-ring (bicyclic) bond motifs is 11. The lowest BCUT2D eigenvalue weighted by molar-refractivity contribution is 0.0442. The summed E-state index contributed by atoms with van der Waals surface area (Å²) < 4.78 is 38.4. The monoisotopic (exact) mass is 506 g/mol. The normalized spacial score (nSPS) is 18.3. The van der Waals surface area contributed by atoms with Crippen LogP contribution < -0.4 is 0 Å². The molecule has 8 rings (SSSR count). The maximum Gasteiger partial charge on any atom is 0.346 e. The molecule has 3 heterocycles. The number of hydrogen-bond acceptors (Lipinski definition) is 7. The molecule has 4 aromatic rings. The Labute approximate surface area is 210 Å². The first-order valence-corrected chi connectivity index (χ1v) is 13.1. The van der Waals surface area contributed by atoms with Crippen LogP contribution in [-0.4, -0.2) is 26.3 Å². The van der Waals surface area contributed by atoms with E-state index in [0.717, 1.165) is 22.3 Å². The number of rotatable bonds is 0. The van der Waals surface area contributed by atoms with Crippen molar-refractivity contribution in [1.82, 2.24) is 0 Å². The fourth-order valence-corrected chi connectivity index (χ4v) is 8.18. The van der Waals surface area contributed by atoms with Crippen LogP contribution in [0.1, 0.15) is 58.9 Å². The molecule has 0 amide bonds. The lowest BCUT2D eigenvalue weighted by atomic mass is 9.66. The molecule has 0 saturated carbocycles. The molecule has 4 aromatic carbocycles. The van der Waals surface area contributed by atoms with E-state index in [1.54, 1.807) is 6.07 Å². The Kier molecular flexibility index (Phi) is 3.57. The summed E-state index contributed by atoms with van der Waals surface area (Å²) >= 11 is 0. The number of carbonyl (C=O) groups excluding carboxylic acids is 3. The average Bonchev–Trinajstić information content (AvgIpc) is 3.51. The van der Waals surface area contributed by atoms with Crippen LogP contribution in [0.5, 0.6) is 0 Å². The number of benzene rings is 4. The van der Waals surface area contributed by atoms with E-state index >= 15 is 0 Å². The van der Waals surface area contributed by atoms with Crippen molar-refractivity contribution in [1.29, 1.82) is 0 Å². The van der Waals surface area contributed by atoms with E-state index < -0.39 is 33.2 Å². The van der Waals surface area contributed by atoms with Crippen LogP contribution in [0.3, 0.4) is 0 Å². The van der Waals surface area contributed by atoms with Crippen molar-refractivity contribution in [2.45, 2.75) is 21.8 Å². The summed E-state index contributed by atoms with van der Waals surface area (Å²) in [5, 5.41) is 0. The number of cyclic esters (lactones) is 3. The molecule has 8 heteroatoms. The van der Waals surface area contributed by atoms with Gasteiger partial charge in [0, 0.05) is 5.56 Å². The van der Waals surface area contributed by atoms with Crippen LogP contribution in [0, 0.1) is 0 Å². The van der Waals surface area contributed by atoms with Gasteiger partial charge in [0.15, 0.2) is 0 Å². The van der Waals surface area contributed by atoms with Crippen LogP contribution in [0.15, 0.2) is 82.6 Å². The highest BCUT2D eigenvalue weighted by molar-refractivity contribution is 7.91. The summed E-state index contributed by atoms with van der Waals surface area (Å²) in [6.07, 6.45) is 0. The third-order valence-electron chi connectivity index (χ3n) is 7.87. The van der Waals surface area contributed by atoms with Crippen molar-refractivity contribution in [2.75, 3.05) is 0 Å². The molecule has 7 nitrogen and oxygen atoms in total. The lowest BCUT2D eigenvalue weighted by Crippen LogP contribution is -2.36. The molecule has 3 aliphatic heterocycles. The molecule has 0 fully saturated rings. The molecule has 0 N–H and O–H groups in total. The standard InChI is InChI=1S/C29H14O7S/c30-26-17-10-22-24(9-14(17)13-35-26)37(33,34)25-12-19-18(27(31)36-28(19)32)11-23(25)29(22)20-7-3-1-5-15(20)16-6-2-4-8-21(16)29/h1-12H,13H2. The van der Waals surface area contributed by atoms with Gasteiger partial charge in [-0.25, -0.2) is 22.8 Å². The highest BCUT2D eigenvalue weighted by atomic mass is 32.2. The largest absolute Gasteiger partial charge is 0.457 e. The smallest absolute Gasteiger partial charge is 0.346 e. The Morgan fingerprint density at radius 1 is 0.595 bits per heavy atom. The summed E-state index contributed by atoms with van der Waals surface area (Å²) in [6.45, 7) is -0.0188. The molecule has 0 unspecified atom stereocenters. The van der Waals surface area contributed by atoms with E-state index in [-0.39, 0.29) is 27.5 Å². The number of esters is 3. The van der Waals surface area contributed by atoms with Crippen LogP contribution in [-0.2, 0) is 31.3 Å². The fourth-order valence-electron chi connectivity index (χ4n) is 6.37. The lowest BCUT2D eigenvalue weighted by Gasteiger charge is -2.40. The maximum absolute atomic E-state index is 14.2. The number of carbonyl (C=O) groups is 3. The van der Waals surface area contributed by atoms with E-state index in [9.17, 15) is 22.8 Å². The number of sulfone groups is 1. The second-order valence-electron chi connectivity index (χ2n) is 9.50. The van der Waals surface area contributed by atoms with Gasteiger partial charge in [0.05, 0.1) is 31.9 Å². The number of hydrogen-bond donors (Lipinski definition) is 0. The van der Waals surface area contributed by atoms with Crippen molar-refractivity contribution in [3.63, 3.8) is 0 Å². The molecule has 4 aliphatic rings. The fraction of sp³-hybridized carbons (Fsp3) is 0.0690. The van der Waals surface area contributed by atoms with Crippen molar-refractivity contribution < 1.29 is 32.3 Å². The average molecular weight is 506 g/mol. The van der Waals surface area contributed by atoms with E-state index in [1.165, 1.54) is 18.2 Å². The van der Waals surface area contributed by atoms with Crippen LogP contribution in [0.4, 0.5) is 0 Å². The highest BCUT2D eigenvalue weighted by Gasteiger charge is 2.55. The molecular formula is C29H14O7S. The molecule has 37 heavy (non-hydrogen) atoms. The van der Waals surface area contributed by atoms with Crippen molar-refractivity contribution in [3.8, 4) is 11.1 Å². The van der Waals surface area contributed by atoms with Crippen LogP contribution in [0.2, 0.25) is 0 Å². The van der Waals surface area contributed by atoms with Crippen LogP contribution in [0.25, 0.3) is 11.1 Å². The third-order valence-corrected chi connectivity index (χ3v) is 9.70. The summed E-state index contributed by atoms with van der Waals surface area (Å²) in [6, 6.07) is 21.3. The minimum Gasteiger partial charge on any atom is -0.457 e. The zero-order valence-electron chi connectivity index (χ0n) is 18.9. The second-order valence-corrected chi connectivity index (χ2v) is 11.4. The molecule has 1 spiro atoms. The molecule has 178 valence electrons. The zero-order chi connectivity index (χ0) is 25.3. The van der Waals surface area contributed by atoms with Gasteiger partial charge in [0.2, 0.25) is 9.84 Å². The van der Waals surface area contributed by atoms with Gasteiger partial charge in [-0.15, -0.1) is 0 Å². The first-order chi connectivity index (χ1) is 17.8. The minimum absolute atomic E-state index is 0.0178. The Bertz CT molecular complexity index is 1890. The molecule has 0 saturated heterocycles. The first kappa shape index (κ1) is 20.6. The summed E-state index contributed by atoms with van der Waals surface area (Å²) in [5.74, 6) is -2.21. The molecule has 0 radical (unpaired) electrons. The predicted octanol–water partition coefficient (Wildman–Crippen LogP) is 4.18. The van der Waals surface area contributed by atoms with Gasteiger partial charge in [-0.05, 0) is 57.6 Å². The quantitative estimate of drug-likeness (QED) is 0.225. The Hall–Kier alpha value is -4.56. The van der Waals surface area contributed by atoms with Gasteiger partial charge < -0.3 is 9.47 Å². The van der Waals surface area contributed by atoms with E-state index in [4.69, 9.17) is 9.47 Å². The maximum atomic E-state index is 14.2. The van der Waals surface area contributed by atoms with Gasteiger partial charge in [0.25, 0.3) is 0 Å². The van der Waals surface area contributed by atoms with Gasteiger partial charge in [-0.3, -0.25) is 0 Å². The molecule has 0 atom stereocenters. The Morgan fingerprint density at radius 3 is 1.78 bits per heavy atom. The molecular weight excluding hydrogens is 492 g/mol. The zero-order valence-corrected chi connectivity index (χ0v) is 19.7. The number of ether oxygens (including phenoxy) is 2. The summed E-state index contributed by atoms with van der Waals surface area (Å²) in [4.78, 5) is 37.6. The van der Waals surface area contributed by atoms with Crippen molar-refractivity contribution >= 4 is 27.7 Å². The molecule has 1 aliphatic carbocycles.